The van der Waals surface area contributed by atoms with Crippen LogP contribution in [0.5, 0.6) is 0 Å². The molecule has 2 heterocycles. The molecule has 3 rings (SSSR count). The smallest absolute Gasteiger partial charge is 0.277 e. The van der Waals surface area contributed by atoms with E-state index in [2.05, 4.69) is 36.3 Å². The van der Waals surface area contributed by atoms with Crippen LogP contribution in [0.1, 0.15) is 52.9 Å². The molecule has 1 aliphatic rings. The third-order valence-electron chi connectivity index (χ3n) is 5.57. The zero-order chi connectivity index (χ0) is 18.6. The normalized spacial score (nSPS) is 20.9. The van der Waals surface area contributed by atoms with E-state index in [0.717, 1.165) is 23.6 Å². The minimum atomic E-state index is 0.0454. The van der Waals surface area contributed by atoms with Crippen molar-refractivity contribution in [2.24, 2.45) is 11.3 Å². The molecule has 7 heteroatoms. The van der Waals surface area contributed by atoms with Gasteiger partial charge in [-0.1, -0.05) is 45.0 Å². The Balaban J connectivity index is 1.41. The number of thioether (sulfide) groups is 1. The number of hydrogen-bond acceptors (Lipinski definition) is 6. The van der Waals surface area contributed by atoms with Gasteiger partial charge in [0.1, 0.15) is 0 Å². The molecule has 1 fully saturated rings. The molecular formula is C19H27N3O2S2. The van der Waals surface area contributed by atoms with Crippen molar-refractivity contribution in [1.29, 1.82) is 0 Å². The first kappa shape index (κ1) is 19.4. The van der Waals surface area contributed by atoms with Crippen molar-refractivity contribution >= 4 is 29.0 Å². The summed E-state index contributed by atoms with van der Waals surface area (Å²) in [6.45, 7) is 7.00. The Morgan fingerprint density at radius 2 is 2.12 bits per heavy atom. The first-order chi connectivity index (χ1) is 12.5. The maximum atomic E-state index is 12.2. The summed E-state index contributed by atoms with van der Waals surface area (Å²) in [6.07, 6.45) is 5.77. The molecule has 1 aliphatic carbocycles. The zero-order valence-corrected chi connectivity index (χ0v) is 17.3. The molecular weight excluding hydrogens is 366 g/mol. The van der Waals surface area contributed by atoms with E-state index in [4.69, 9.17) is 4.42 Å². The summed E-state index contributed by atoms with van der Waals surface area (Å²) >= 11 is 2.85. The molecule has 2 aromatic rings. The molecule has 1 N–H and O–H groups in total. The third-order valence-corrected chi connectivity index (χ3v) is 7.25. The second kappa shape index (κ2) is 8.57. The van der Waals surface area contributed by atoms with Gasteiger partial charge in [-0.2, -0.15) is 0 Å². The SMILES string of the molecule is CCC(C)(C)C1CCC(NC(=O)CSc2nnc(-c3cccs3)o2)CC1. The van der Waals surface area contributed by atoms with Gasteiger partial charge in [-0.3, -0.25) is 4.79 Å². The Kier molecular flexibility index (Phi) is 6.40. The van der Waals surface area contributed by atoms with Gasteiger partial charge in [0.05, 0.1) is 10.6 Å². The standard InChI is InChI=1S/C19H27N3O2S2/c1-4-19(2,3)13-7-9-14(10-8-13)20-16(23)12-26-18-22-21-17(24-18)15-6-5-11-25-15/h5-6,11,13-14H,4,7-10,12H2,1-3H3,(H,20,23). The van der Waals surface area contributed by atoms with Crippen molar-refractivity contribution in [2.45, 2.75) is 64.1 Å². The predicted octanol–water partition coefficient (Wildman–Crippen LogP) is 5.00. The fourth-order valence-corrected chi connectivity index (χ4v) is 4.69. The highest BCUT2D eigenvalue weighted by Gasteiger charge is 2.32. The lowest BCUT2D eigenvalue weighted by atomic mass is 9.69. The lowest BCUT2D eigenvalue weighted by molar-refractivity contribution is -0.119. The van der Waals surface area contributed by atoms with Gasteiger partial charge in [0.25, 0.3) is 11.1 Å². The van der Waals surface area contributed by atoms with Crippen LogP contribution in [0.4, 0.5) is 0 Å². The summed E-state index contributed by atoms with van der Waals surface area (Å²) in [5, 5.41) is 13.6. The van der Waals surface area contributed by atoms with Gasteiger partial charge in [-0.25, -0.2) is 0 Å². The van der Waals surface area contributed by atoms with Crippen molar-refractivity contribution in [1.82, 2.24) is 15.5 Å². The molecule has 0 aliphatic heterocycles. The van der Waals surface area contributed by atoms with Gasteiger partial charge in [0.15, 0.2) is 0 Å². The van der Waals surface area contributed by atoms with Crippen LogP contribution in [0.3, 0.4) is 0 Å². The molecule has 142 valence electrons. The average molecular weight is 394 g/mol. The van der Waals surface area contributed by atoms with Crippen molar-refractivity contribution in [2.75, 3.05) is 5.75 Å². The lowest BCUT2D eigenvalue weighted by Crippen LogP contribution is -2.40. The minimum absolute atomic E-state index is 0.0454. The van der Waals surface area contributed by atoms with Gasteiger partial charge in [0, 0.05) is 6.04 Å². The van der Waals surface area contributed by atoms with E-state index in [1.165, 1.54) is 31.0 Å². The molecule has 0 spiro atoms. The quantitative estimate of drug-likeness (QED) is 0.670. The van der Waals surface area contributed by atoms with Crippen LogP contribution in [0, 0.1) is 11.3 Å². The second-order valence-electron chi connectivity index (χ2n) is 7.60. The number of carbonyl (C=O) groups is 1. The minimum Gasteiger partial charge on any atom is -0.410 e. The van der Waals surface area contributed by atoms with Crippen molar-refractivity contribution in [3.05, 3.63) is 17.5 Å². The first-order valence-corrected chi connectivity index (χ1v) is 11.1. The third kappa shape index (κ3) is 4.88. The summed E-state index contributed by atoms with van der Waals surface area (Å²) in [7, 11) is 0. The molecule has 1 saturated carbocycles. The Bertz CT molecular complexity index is 704. The molecule has 5 nitrogen and oxygen atoms in total. The highest BCUT2D eigenvalue weighted by molar-refractivity contribution is 7.99. The van der Waals surface area contributed by atoms with Crippen LogP contribution in [0.2, 0.25) is 0 Å². The van der Waals surface area contributed by atoms with Crippen molar-refractivity contribution in [3.63, 3.8) is 0 Å². The summed E-state index contributed by atoms with van der Waals surface area (Å²) in [5.41, 5.74) is 0.406. The molecule has 2 aromatic heterocycles. The van der Waals surface area contributed by atoms with Crippen LogP contribution < -0.4 is 5.32 Å². The van der Waals surface area contributed by atoms with E-state index in [0.29, 0.717) is 28.3 Å². The molecule has 0 unspecified atom stereocenters. The Labute approximate surface area is 163 Å². The molecule has 0 atom stereocenters. The van der Waals surface area contributed by atoms with Gasteiger partial charge >= 0.3 is 0 Å². The van der Waals surface area contributed by atoms with Crippen LogP contribution >= 0.6 is 23.1 Å². The molecule has 26 heavy (non-hydrogen) atoms. The first-order valence-electron chi connectivity index (χ1n) is 9.27. The Morgan fingerprint density at radius 3 is 2.77 bits per heavy atom. The number of carbonyl (C=O) groups excluding carboxylic acids is 1. The Hall–Kier alpha value is -1.34. The Morgan fingerprint density at radius 1 is 1.35 bits per heavy atom. The maximum absolute atomic E-state index is 12.2. The predicted molar refractivity (Wildman–Crippen MR) is 106 cm³/mol. The van der Waals surface area contributed by atoms with Crippen molar-refractivity contribution in [3.8, 4) is 10.8 Å². The topological polar surface area (TPSA) is 68.0 Å². The number of hydrogen-bond donors (Lipinski definition) is 1. The fourth-order valence-electron chi connectivity index (χ4n) is 3.47. The number of nitrogens with zero attached hydrogens (tertiary/aromatic N) is 2. The van der Waals surface area contributed by atoms with E-state index in [1.54, 1.807) is 11.3 Å². The summed E-state index contributed by atoms with van der Waals surface area (Å²) in [6, 6.07) is 4.19. The number of nitrogens with one attached hydrogen (secondary N) is 1. The molecule has 0 saturated heterocycles. The summed E-state index contributed by atoms with van der Waals surface area (Å²) in [5.74, 6) is 1.64. The van der Waals surface area contributed by atoms with Gasteiger partial charge in [-0.05, 0) is 48.5 Å². The number of amides is 1. The lowest BCUT2D eigenvalue weighted by Gasteiger charge is -2.39. The van der Waals surface area contributed by atoms with Gasteiger partial charge in [0.2, 0.25) is 5.91 Å². The number of thiophene rings is 1. The highest BCUT2D eigenvalue weighted by Crippen LogP contribution is 2.40. The number of aromatic nitrogens is 2. The number of rotatable bonds is 7. The summed E-state index contributed by atoms with van der Waals surface area (Å²) < 4.78 is 5.60. The maximum Gasteiger partial charge on any atom is 0.277 e. The van der Waals surface area contributed by atoms with E-state index in [-0.39, 0.29) is 5.91 Å². The van der Waals surface area contributed by atoms with Crippen LogP contribution in [-0.4, -0.2) is 27.9 Å². The van der Waals surface area contributed by atoms with Crippen LogP contribution in [-0.2, 0) is 4.79 Å². The van der Waals surface area contributed by atoms with Gasteiger partial charge < -0.3 is 9.73 Å². The summed E-state index contributed by atoms with van der Waals surface area (Å²) in [4.78, 5) is 13.2. The van der Waals surface area contributed by atoms with Crippen LogP contribution in [0.25, 0.3) is 10.8 Å². The van der Waals surface area contributed by atoms with Gasteiger partial charge in [-0.15, -0.1) is 21.5 Å². The largest absolute Gasteiger partial charge is 0.410 e. The van der Waals surface area contributed by atoms with Crippen molar-refractivity contribution < 1.29 is 9.21 Å². The fraction of sp³-hybridized carbons (Fsp3) is 0.632. The highest BCUT2D eigenvalue weighted by atomic mass is 32.2. The van der Waals surface area contributed by atoms with Crippen LogP contribution in [0.15, 0.2) is 27.2 Å². The zero-order valence-electron chi connectivity index (χ0n) is 15.7. The monoisotopic (exact) mass is 393 g/mol. The van der Waals surface area contributed by atoms with E-state index < -0.39 is 0 Å². The second-order valence-corrected chi connectivity index (χ2v) is 9.47. The van der Waals surface area contributed by atoms with E-state index >= 15 is 0 Å². The van der Waals surface area contributed by atoms with E-state index in [9.17, 15) is 4.79 Å². The van der Waals surface area contributed by atoms with E-state index in [1.807, 2.05) is 17.5 Å². The molecule has 0 aromatic carbocycles. The average Bonchev–Trinajstić information content (AvgIpc) is 3.32. The molecule has 0 bridgehead atoms. The molecule has 0 radical (unpaired) electrons. The molecule has 1 amide bonds.